The lowest BCUT2D eigenvalue weighted by atomic mass is 10.2. The van der Waals surface area contributed by atoms with Gasteiger partial charge in [0, 0.05) is 17.5 Å². The van der Waals surface area contributed by atoms with E-state index in [1.54, 1.807) is 19.9 Å². The molecule has 5 heteroatoms. The Morgan fingerprint density at radius 1 is 1.22 bits per heavy atom. The smallest absolute Gasteiger partial charge is 0.239 e. The summed E-state index contributed by atoms with van der Waals surface area (Å²) in [5.74, 6) is -0.492. The van der Waals surface area contributed by atoms with E-state index in [-0.39, 0.29) is 24.3 Å². The first-order valence-electron chi connectivity index (χ1n) is 5.78. The molecule has 0 saturated heterocycles. The van der Waals surface area contributed by atoms with Crippen molar-refractivity contribution in [1.82, 2.24) is 10.6 Å². The Labute approximate surface area is 112 Å². The monoisotopic (exact) mass is 268 g/mol. The molecule has 0 aliphatic rings. The van der Waals surface area contributed by atoms with Crippen molar-refractivity contribution in [2.45, 2.75) is 20.4 Å². The van der Waals surface area contributed by atoms with E-state index in [4.69, 9.17) is 11.6 Å². The number of carbonyl (C=O) groups is 2. The highest BCUT2D eigenvalue weighted by molar-refractivity contribution is 6.31. The molecule has 0 heterocycles. The largest absolute Gasteiger partial charge is 0.350 e. The Kier molecular flexibility index (Phi) is 5.65. The summed E-state index contributed by atoms with van der Waals surface area (Å²) < 4.78 is 0. The average Bonchev–Trinajstić information content (AvgIpc) is 2.34. The molecule has 2 N–H and O–H groups in total. The summed E-state index contributed by atoms with van der Waals surface area (Å²) in [5.41, 5.74) is 0.850. The molecule has 0 unspecified atom stereocenters. The number of nitrogens with one attached hydrogen (secondary N) is 2. The van der Waals surface area contributed by atoms with Crippen molar-refractivity contribution >= 4 is 23.4 Å². The van der Waals surface area contributed by atoms with Gasteiger partial charge in [-0.05, 0) is 11.6 Å². The van der Waals surface area contributed by atoms with Gasteiger partial charge in [0.15, 0.2) is 0 Å². The minimum absolute atomic E-state index is 0.0124. The number of amides is 2. The van der Waals surface area contributed by atoms with Gasteiger partial charge in [-0.15, -0.1) is 0 Å². The van der Waals surface area contributed by atoms with E-state index in [2.05, 4.69) is 10.6 Å². The average molecular weight is 269 g/mol. The molecule has 1 rings (SSSR count). The Bertz CT molecular complexity index is 433. The zero-order valence-electron chi connectivity index (χ0n) is 10.5. The highest BCUT2D eigenvalue weighted by atomic mass is 35.5. The lowest BCUT2D eigenvalue weighted by molar-refractivity contribution is -0.127. The van der Waals surface area contributed by atoms with Crippen molar-refractivity contribution in [3.63, 3.8) is 0 Å². The Morgan fingerprint density at radius 2 is 1.89 bits per heavy atom. The maximum absolute atomic E-state index is 11.5. The fraction of sp³-hybridized carbons (Fsp3) is 0.385. The lowest BCUT2D eigenvalue weighted by Gasteiger charge is -2.09. The van der Waals surface area contributed by atoms with Crippen LogP contribution in [0.15, 0.2) is 24.3 Å². The molecule has 0 aliphatic carbocycles. The Morgan fingerprint density at radius 3 is 2.50 bits per heavy atom. The predicted octanol–water partition coefficient (Wildman–Crippen LogP) is 1.73. The van der Waals surface area contributed by atoms with Crippen LogP contribution in [-0.4, -0.2) is 18.4 Å². The molecule has 18 heavy (non-hydrogen) atoms. The summed E-state index contributed by atoms with van der Waals surface area (Å²) in [7, 11) is 0. The summed E-state index contributed by atoms with van der Waals surface area (Å²) in [6, 6.07) is 7.29. The van der Waals surface area contributed by atoms with Crippen LogP contribution in [0.25, 0.3) is 0 Å². The maximum atomic E-state index is 11.5. The van der Waals surface area contributed by atoms with Crippen LogP contribution in [0.5, 0.6) is 0 Å². The van der Waals surface area contributed by atoms with E-state index >= 15 is 0 Å². The van der Waals surface area contributed by atoms with Gasteiger partial charge in [0.2, 0.25) is 11.8 Å². The molecule has 2 amide bonds. The van der Waals surface area contributed by atoms with Gasteiger partial charge in [-0.3, -0.25) is 9.59 Å². The fourth-order valence-corrected chi connectivity index (χ4v) is 1.47. The molecule has 0 atom stereocenters. The molecule has 98 valence electrons. The molecule has 1 aromatic carbocycles. The van der Waals surface area contributed by atoms with E-state index in [1.165, 1.54) is 0 Å². The fourth-order valence-electron chi connectivity index (χ4n) is 1.27. The van der Waals surface area contributed by atoms with E-state index in [9.17, 15) is 9.59 Å². The number of halogens is 1. The molecule has 0 saturated carbocycles. The van der Waals surface area contributed by atoms with Crippen molar-refractivity contribution in [3.05, 3.63) is 34.9 Å². The summed E-state index contributed by atoms with van der Waals surface area (Å²) >= 11 is 5.96. The molecular weight excluding hydrogens is 252 g/mol. The van der Waals surface area contributed by atoms with Crippen molar-refractivity contribution in [2.24, 2.45) is 5.92 Å². The molecule has 0 fully saturated rings. The molecule has 0 radical (unpaired) electrons. The lowest BCUT2D eigenvalue weighted by Crippen LogP contribution is -2.38. The summed E-state index contributed by atoms with van der Waals surface area (Å²) in [6.45, 7) is 3.89. The second kappa shape index (κ2) is 7.01. The highest BCUT2D eigenvalue weighted by Crippen LogP contribution is 2.13. The third-order valence-electron chi connectivity index (χ3n) is 2.38. The molecule has 0 bridgehead atoms. The Hall–Kier alpha value is -1.55. The van der Waals surface area contributed by atoms with Gasteiger partial charge < -0.3 is 10.6 Å². The van der Waals surface area contributed by atoms with Crippen molar-refractivity contribution in [2.75, 3.05) is 6.54 Å². The second-order valence-electron chi connectivity index (χ2n) is 4.24. The van der Waals surface area contributed by atoms with Crippen LogP contribution in [0.1, 0.15) is 19.4 Å². The minimum Gasteiger partial charge on any atom is -0.350 e. The van der Waals surface area contributed by atoms with Gasteiger partial charge in [0.25, 0.3) is 0 Å². The summed E-state index contributed by atoms with van der Waals surface area (Å²) in [4.78, 5) is 22.7. The van der Waals surface area contributed by atoms with Crippen LogP contribution in [-0.2, 0) is 16.1 Å². The molecule has 0 aliphatic heterocycles. The zero-order chi connectivity index (χ0) is 13.5. The second-order valence-corrected chi connectivity index (χ2v) is 4.65. The maximum Gasteiger partial charge on any atom is 0.239 e. The first-order valence-corrected chi connectivity index (χ1v) is 6.16. The van der Waals surface area contributed by atoms with Crippen LogP contribution < -0.4 is 10.6 Å². The topological polar surface area (TPSA) is 58.2 Å². The van der Waals surface area contributed by atoms with E-state index in [0.29, 0.717) is 11.6 Å². The van der Waals surface area contributed by atoms with Crippen LogP contribution in [0, 0.1) is 5.92 Å². The van der Waals surface area contributed by atoms with Crippen LogP contribution in [0.3, 0.4) is 0 Å². The number of benzene rings is 1. The Balaban J connectivity index is 2.34. The third-order valence-corrected chi connectivity index (χ3v) is 2.75. The van der Waals surface area contributed by atoms with E-state index in [1.807, 2.05) is 18.2 Å². The van der Waals surface area contributed by atoms with Crippen LogP contribution >= 0.6 is 11.6 Å². The van der Waals surface area contributed by atoms with Crippen LogP contribution in [0.2, 0.25) is 5.02 Å². The minimum atomic E-state index is -0.232. The zero-order valence-corrected chi connectivity index (χ0v) is 11.3. The van der Waals surface area contributed by atoms with Gasteiger partial charge in [-0.2, -0.15) is 0 Å². The summed E-state index contributed by atoms with van der Waals surface area (Å²) in [6.07, 6.45) is 0. The van der Waals surface area contributed by atoms with Crippen LogP contribution in [0.4, 0.5) is 0 Å². The van der Waals surface area contributed by atoms with Gasteiger partial charge >= 0.3 is 0 Å². The van der Waals surface area contributed by atoms with Crippen molar-refractivity contribution < 1.29 is 9.59 Å². The predicted molar refractivity (Wildman–Crippen MR) is 71.1 cm³/mol. The van der Waals surface area contributed by atoms with Gasteiger partial charge in [-0.25, -0.2) is 0 Å². The van der Waals surface area contributed by atoms with Gasteiger partial charge in [0.05, 0.1) is 6.54 Å². The van der Waals surface area contributed by atoms with Gasteiger partial charge in [0.1, 0.15) is 0 Å². The molecule has 0 aromatic heterocycles. The van der Waals surface area contributed by atoms with E-state index in [0.717, 1.165) is 5.56 Å². The molecule has 1 aromatic rings. The number of hydrogen-bond acceptors (Lipinski definition) is 2. The first kappa shape index (κ1) is 14.5. The van der Waals surface area contributed by atoms with Crippen molar-refractivity contribution in [1.29, 1.82) is 0 Å². The SMILES string of the molecule is CC(C)C(=O)NCC(=O)NCc1ccccc1Cl. The standard InChI is InChI=1S/C13H17ClN2O2/c1-9(2)13(18)16-8-12(17)15-7-10-5-3-4-6-11(10)14/h3-6,9H,7-8H2,1-2H3,(H,15,17)(H,16,18). The number of carbonyl (C=O) groups excluding carboxylic acids is 2. The normalized spacial score (nSPS) is 10.2. The number of rotatable bonds is 5. The van der Waals surface area contributed by atoms with Gasteiger partial charge in [-0.1, -0.05) is 43.6 Å². The quantitative estimate of drug-likeness (QED) is 0.854. The third kappa shape index (κ3) is 4.75. The highest BCUT2D eigenvalue weighted by Gasteiger charge is 2.08. The van der Waals surface area contributed by atoms with Crippen molar-refractivity contribution in [3.8, 4) is 0 Å². The first-order chi connectivity index (χ1) is 8.50. The molecule has 4 nitrogen and oxygen atoms in total. The number of hydrogen-bond donors (Lipinski definition) is 2. The van der Waals surface area contributed by atoms with E-state index < -0.39 is 0 Å². The summed E-state index contributed by atoms with van der Waals surface area (Å²) in [5, 5.41) is 5.86. The molecule has 0 spiro atoms. The molecular formula is C13H17ClN2O2.